The van der Waals surface area contributed by atoms with Crippen LogP contribution in [0.2, 0.25) is 0 Å². The second-order valence-electron chi connectivity index (χ2n) is 10.9. The normalized spacial score (nSPS) is 22.9. The van der Waals surface area contributed by atoms with Gasteiger partial charge in [-0.25, -0.2) is 4.39 Å². The number of alkyl halides is 3. The van der Waals surface area contributed by atoms with E-state index in [-0.39, 0.29) is 5.82 Å². The molecule has 3 aliphatic rings. The molecular formula is C29H35F4N5O3. The second kappa shape index (κ2) is 12.3. The summed E-state index contributed by atoms with van der Waals surface area (Å²) in [6, 6.07) is 10.4. The Morgan fingerprint density at radius 3 is 2.51 bits per heavy atom. The predicted molar refractivity (Wildman–Crippen MR) is 147 cm³/mol. The molecule has 2 N–H and O–H groups in total. The summed E-state index contributed by atoms with van der Waals surface area (Å²) in [5, 5.41) is 5.12. The lowest BCUT2D eigenvalue weighted by Crippen LogP contribution is -2.50. The number of hydrogen-bond acceptors (Lipinski definition) is 6. The molecule has 2 unspecified atom stereocenters. The molecule has 2 atom stereocenters. The largest absolute Gasteiger partial charge is 0.393 e. The zero-order valence-corrected chi connectivity index (χ0v) is 23.0. The number of nitrogens with zero attached hydrogens (tertiary/aromatic N) is 3. The van der Waals surface area contributed by atoms with Crippen molar-refractivity contribution in [3.05, 3.63) is 47.8 Å². The number of anilines is 2. The molecular weight excluding hydrogens is 542 g/mol. The average Bonchev–Trinajstić information content (AvgIpc) is 2.95. The topological polar surface area (TPSA) is 77.2 Å². The summed E-state index contributed by atoms with van der Waals surface area (Å²) in [6.07, 6.45) is -5.50. The van der Waals surface area contributed by atoms with Crippen molar-refractivity contribution in [2.75, 3.05) is 76.3 Å². The maximum atomic E-state index is 15.8. The van der Waals surface area contributed by atoms with Crippen molar-refractivity contribution in [1.82, 2.24) is 15.1 Å². The number of ether oxygens (including phenoxy) is 1. The molecule has 2 aromatic rings. The smallest absolute Gasteiger partial charge is 0.379 e. The van der Waals surface area contributed by atoms with Gasteiger partial charge in [0.15, 0.2) is 0 Å². The molecule has 0 aliphatic carbocycles. The Morgan fingerprint density at radius 1 is 1.07 bits per heavy atom. The molecule has 0 spiro atoms. The van der Waals surface area contributed by atoms with Crippen LogP contribution in [0.4, 0.5) is 28.9 Å². The van der Waals surface area contributed by atoms with Crippen molar-refractivity contribution >= 4 is 23.2 Å². The summed E-state index contributed by atoms with van der Waals surface area (Å²) in [7, 11) is 2.00. The van der Waals surface area contributed by atoms with E-state index in [1.807, 2.05) is 7.05 Å². The Morgan fingerprint density at radius 2 is 1.80 bits per heavy atom. The van der Waals surface area contributed by atoms with E-state index < -0.39 is 42.8 Å². The van der Waals surface area contributed by atoms with Gasteiger partial charge in [0.1, 0.15) is 5.82 Å². The molecule has 3 saturated heterocycles. The monoisotopic (exact) mass is 577 g/mol. The van der Waals surface area contributed by atoms with Gasteiger partial charge >= 0.3 is 6.18 Å². The summed E-state index contributed by atoms with van der Waals surface area (Å²) < 4.78 is 62.5. The lowest BCUT2D eigenvalue weighted by molar-refractivity contribution is -0.197. The number of nitrogens with one attached hydrogen (secondary N) is 2. The zero-order chi connectivity index (χ0) is 29.1. The molecule has 8 nitrogen and oxygen atoms in total. The number of carbonyl (C=O) groups excluding carboxylic acids is 2. The molecule has 12 heteroatoms. The minimum atomic E-state index is -4.70. The third kappa shape index (κ3) is 6.82. The zero-order valence-electron chi connectivity index (χ0n) is 23.0. The van der Waals surface area contributed by atoms with E-state index in [2.05, 4.69) is 25.3 Å². The van der Waals surface area contributed by atoms with Crippen LogP contribution in [0.1, 0.15) is 12.0 Å². The molecule has 2 amide bonds. The summed E-state index contributed by atoms with van der Waals surface area (Å²) in [4.78, 5) is 31.4. The van der Waals surface area contributed by atoms with E-state index in [0.29, 0.717) is 74.0 Å². The molecule has 0 saturated carbocycles. The number of hydrogen-bond donors (Lipinski definition) is 2. The van der Waals surface area contributed by atoms with Gasteiger partial charge in [-0.1, -0.05) is 24.3 Å². The Labute approximate surface area is 236 Å². The summed E-state index contributed by atoms with van der Waals surface area (Å²) in [6.45, 7) is 5.50. The van der Waals surface area contributed by atoms with Gasteiger partial charge in [-0.15, -0.1) is 0 Å². The van der Waals surface area contributed by atoms with E-state index in [9.17, 15) is 22.8 Å². The highest BCUT2D eigenvalue weighted by Crippen LogP contribution is 2.39. The van der Waals surface area contributed by atoms with Crippen LogP contribution in [0.25, 0.3) is 11.1 Å². The van der Waals surface area contributed by atoms with Gasteiger partial charge in [0.25, 0.3) is 0 Å². The number of carbonyl (C=O) groups is 2. The number of piperidine rings is 1. The van der Waals surface area contributed by atoms with Crippen molar-refractivity contribution in [2.45, 2.75) is 19.1 Å². The lowest BCUT2D eigenvalue weighted by Gasteiger charge is -2.36. The Kier molecular flexibility index (Phi) is 8.81. The molecule has 0 radical (unpaired) electrons. The number of morpholine rings is 1. The highest BCUT2D eigenvalue weighted by molar-refractivity contribution is 5.98. The first-order valence-electron chi connectivity index (χ1n) is 13.9. The summed E-state index contributed by atoms with van der Waals surface area (Å²) in [5.74, 6) is -5.51. The highest BCUT2D eigenvalue weighted by Gasteiger charge is 2.50. The third-order valence-corrected chi connectivity index (χ3v) is 8.15. The van der Waals surface area contributed by atoms with Gasteiger partial charge in [-0.05, 0) is 24.7 Å². The van der Waals surface area contributed by atoms with Crippen LogP contribution in [0.3, 0.4) is 0 Å². The molecule has 2 aromatic carbocycles. The van der Waals surface area contributed by atoms with Gasteiger partial charge in [0, 0.05) is 69.9 Å². The standard InChI is InChI=1S/C29H35F4N5O3/c1-36-7-9-38(10-8-36)25-6-5-19(21-4-2-3-20(27(21)30)18-37-11-13-41-14-12-37)15-24(25)35-28(40)22-17-34-26(39)16-23(22)29(31,32)33/h2-6,15,22-23H,7-14,16-18H2,1H3,(H,34,39)(H,35,40). The number of piperazine rings is 1. The number of likely N-dealkylation sites (N-methyl/N-ethyl adjacent to an activating group) is 1. The Balaban J connectivity index is 1.46. The molecule has 0 bridgehead atoms. The first-order chi connectivity index (χ1) is 19.6. The second-order valence-corrected chi connectivity index (χ2v) is 10.9. The molecule has 5 rings (SSSR count). The fourth-order valence-corrected chi connectivity index (χ4v) is 5.68. The Bertz CT molecular complexity index is 1260. The van der Waals surface area contributed by atoms with E-state index in [1.165, 1.54) is 0 Å². The third-order valence-electron chi connectivity index (χ3n) is 8.15. The molecule has 41 heavy (non-hydrogen) atoms. The fourth-order valence-electron chi connectivity index (χ4n) is 5.68. The van der Waals surface area contributed by atoms with Crippen molar-refractivity contribution in [3.63, 3.8) is 0 Å². The van der Waals surface area contributed by atoms with E-state index in [4.69, 9.17) is 4.74 Å². The molecule has 222 valence electrons. The van der Waals surface area contributed by atoms with Crippen LogP contribution in [0.15, 0.2) is 36.4 Å². The van der Waals surface area contributed by atoms with Crippen LogP contribution < -0.4 is 15.5 Å². The minimum absolute atomic E-state index is 0.313. The van der Waals surface area contributed by atoms with Crippen LogP contribution >= 0.6 is 0 Å². The maximum absolute atomic E-state index is 15.8. The van der Waals surface area contributed by atoms with E-state index in [1.54, 1.807) is 36.4 Å². The van der Waals surface area contributed by atoms with Crippen LogP contribution in [0, 0.1) is 17.7 Å². The minimum Gasteiger partial charge on any atom is -0.379 e. The molecule has 3 fully saturated rings. The van der Waals surface area contributed by atoms with Crippen LogP contribution in [0.5, 0.6) is 0 Å². The van der Waals surface area contributed by atoms with Crippen molar-refractivity contribution in [2.24, 2.45) is 11.8 Å². The SMILES string of the molecule is CN1CCN(c2ccc(-c3cccc(CN4CCOCC4)c3F)cc2NC(=O)C2CNC(=O)CC2C(F)(F)F)CC1. The van der Waals surface area contributed by atoms with Gasteiger partial charge < -0.3 is 25.2 Å². The summed E-state index contributed by atoms with van der Waals surface area (Å²) in [5.41, 5.74) is 2.35. The summed E-state index contributed by atoms with van der Waals surface area (Å²) >= 11 is 0. The van der Waals surface area contributed by atoms with Gasteiger partial charge in [0.2, 0.25) is 11.8 Å². The molecule has 3 aliphatic heterocycles. The molecule has 3 heterocycles. The first-order valence-corrected chi connectivity index (χ1v) is 13.9. The number of halogens is 4. The Hall–Kier alpha value is -3.22. The lowest BCUT2D eigenvalue weighted by atomic mass is 9.84. The first kappa shape index (κ1) is 29.3. The van der Waals surface area contributed by atoms with Crippen LogP contribution in [-0.2, 0) is 20.9 Å². The van der Waals surface area contributed by atoms with Gasteiger partial charge in [0.05, 0.1) is 36.4 Å². The van der Waals surface area contributed by atoms with Crippen molar-refractivity contribution < 1.29 is 31.9 Å². The quantitative estimate of drug-likeness (QED) is 0.514. The van der Waals surface area contributed by atoms with Crippen LogP contribution in [-0.4, -0.2) is 93.9 Å². The number of benzene rings is 2. The van der Waals surface area contributed by atoms with Gasteiger partial charge in [-0.2, -0.15) is 13.2 Å². The highest BCUT2D eigenvalue weighted by atomic mass is 19.4. The predicted octanol–water partition coefficient (Wildman–Crippen LogP) is 3.33. The molecule has 0 aromatic heterocycles. The van der Waals surface area contributed by atoms with Gasteiger partial charge in [-0.3, -0.25) is 14.5 Å². The number of rotatable bonds is 6. The fraction of sp³-hybridized carbons (Fsp3) is 0.517. The maximum Gasteiger partial charge on any atom is 0.393 e. The average molecular weight is 578 g/mol. The van der Waals surface area contributed by atoms with Crippen molar-refractivity contribution in [3.8, 4) is 11.1 Å². The van der Waals surface area contributed by atoms with E-state index in [0.717, 1.165) is 13.1 Å². The number of amides is 2. The van der Waals surface area contributed by atoms with E-state index >= 15 is 4.39 Å². The van der Waals surface area contributed by atoms with Crippen molar-refractivity contribution in [1.29, 1.82) is 0 Å².